The van der Waals surface area contributed by atoms with E-state index in [2.05, 4.69) is 15.3 Å². The molecular weight excluding hydrogens is 306 g/mol. The molecule has 0 aromatic carbocycles. The number of nitrogens with one attached hydrogen (secondary N) is 1. The van der Waals surface area contributed by atoms with E-state index in [0.29, 0.717) is 19.1 Å². The summed E-state index contributed by atoms with van der Waals surface area (Å²) in [6.07, 6.45) is 8.65. The molecule has 3 aliphatic rings. The molecule has 2 atom stereocenters. The molecule has 3 fully saturated rings. The van der Waals surface area contributed by atoms with Gasteiger partial charge in [0, 0.05) is 38.4 Å². The summed E-state index contributed by atoms with van der Waals surface area (Å²) < 4.78 is 6.18. The van der Waals surface area contributed by atoms with Crippen LogP contribution in [0.4, 0.5) is 10.7 Å². The van der Waals surface area contributed by atoms with Crippen LogP contribution in [0.5, 0.6) is 0 Å². The highest BCUT2D eigenvalue weighted by Gasteiger charge is 2.45. The molecular formula is C17H25N5O2. The van der Waals surface area contributed by atoms with Gasteiger partial charge >= 0.3 is 6.03 Å². The third-order valence-electron chi connectivity index (χ3n) is 5.29. The Hall–Kier alpha value is -1.89. The SMILES string of the molecule is O=C(N1CCCC1)N1CCC[C@@]2(C[C@@H](Nc3ncccn3)CO2)C1. The molecule has 7 heteroatoms. The Balaban J connectivity index is 1.37. The van der Waals surface area contributed by atoms with Gasteiger partial charge in [0.2, 0.25) is 5.95 Å². The van der Waals surface area contributed by atoms with Crippen LogP contribution in [0.25, 0.3) is 0 Å². The summed E-state index contributed by atoms with van der Waals surface area (Å²) in [5.74, 6) is 0.643. The lowest BCUT2D eigenvalue weighted by molar-refractivity contribution is -0.0435. The number of carbonyl (C=O) groups is 1. The van der Waals surface area contributed by atoms with Crippen LogP contribution >= 0.6 is 0 Å². The number of amides is 2. The number of aromatic nitrogens is 2. The van der Waals surface area contributed by atoms with Gasteiger partial charge in [-0.05, 0) is 31.7 Å². The normalized spacial score (nSPS) is 30.1. The molecule has 4 heterocycles. The smallest absolute Gasteiger partial charge is 0.320 e. The Morgan fingerprint density at radius 3 is 2.71 bits per heavy atom. The minimum Gasteiger partial charge on any atom is -0.371 e. The number of carbonyl (C=O) groups excluding carboxylic acids is 1. The van der Waals surface area contributed by atoms with Crippen LogP contribution in [0.3, 0.4) is 0 Å². The number of nitrogens with zero attached hydrogens (tertiary/aromatic N) is 4. The summed E-state index contributed by atoms with van der Waals surface area (Å²) in [4.78, 5) is 25.1. The summed E-state index contributed by atoms with van der Waals surface area (Å²) in [6.45, 7) is 4.00. The fourth-order valence-electron chi connectivity index (χ4n) is 4.15. The lowest BCUT2D eigenvalue weighted by atomic mass is 9.89. The molecule has 3 saturated heterocycles. The standard InChI is InChI=1S/C17H25N5O2/c23-16(21-8-1-2-9-21)22-10-3-5-17(13-22)11-14(12-24-17)20-15-18-6-4-7-19-15/h4,6-7,14H,1-3,5,8-13H2,(H,18,19,20)/t14-,17-/m1/s1. The highest BCUT2D eigenvalue weighted by atomic mass is 16.5. The second-order valence-corrected chi connectivity index (χ2v) is 7.11. The number of hydrogen-bond acceptors (Lipinski definition) is 5. The van der Waals surface area contributed by atoms with Crippen molar-refractivity contribution in [2.45, 2.75) is 43.7 Å². The van der Waals surface area contributed by atoms with E-state index < -0.39 is 0 Å². The van der Waals surface area contributed by atoms with E-state index in [4.69, 9.17) is 4.74 Å². The summed E-state index contributed by atoms with van der Waals surface area (Å²) in [5.41, 5.74) is -0.208. The first-order valence-corrected chi connectivity index (χ1v) is 8.96. The van der Waals surface area contributed by atoms with Gasteiger partial charge < -0.3 is 19.9 Å². The van der Waals surface area contributed by atoms with Gasteiger partial charge in [-0.1, -0.05) is 0 Å². The molecule has 130 valence electrons. The summed E-state index contributed by atoms with van der Waals surface area (Å²) >= 11 is 0. The lowest BCUT2D eigenvalue weighted by Crippen LogP contribution is -2.53. The second-order valence-electron chi connectivity index (χ2n) is 7.11. The third kappa shape index (κ3) is 3.17. The first-order chi connectivity index (χ1) is 11.7. The lowest BCUT2D eigenvalue weighted by Gasteiger charge is -2.41. The molecule has 0 saturated carbocycles. The maximum atomic E-state index is 12.7. The van der Waals surface area contributed by atoms with Crippen LogP contribution in [-0.2, 0) is 4.74 Å². The Labute approximate surface area is 142 Å². The van der Waals surface area contributed by atoms with Crippen molar-refractivity contribution in [2.75, 3.05) is 38.1 Å². The van der Waals surface area contributed by atoms with Crippen molar-refractivity contribution in [3.63, 3.8) is 0 Å². The maximum Gasteiger partial charge on any atom is 0.320 e. The topological polar surface area (TPSA) is 70.6 Å². The average Bonchev–Trinajstić information content (AvgIpc) is 3.26. The molecule has 7 nitrogen and oxygen atoms in total. The zero-order chi connectivity index (χ0) is 16.4. The van der Waals surface area contributed by atoms with E-state index in [1.165, 1.54) is 0 Å². The maximum absolute atomic E-state index is 12.7. The third-order valence-corrected chi connectivity index (χ3v) is 5.29. The van der Waals surface area contributed by atoms with Gasteiger partial charge in [-0.25, -0.2) is 14.8 Å². The highest BCUT2D eigenvalue weighted by molar-refractivity contribution is 5.75. The Morgan fingerprint density at radius 1 is 1.17 bits per heavy atom. The van der Waals surface area contributed by atoms with Gasteiger partial charge in [-0.2, -0.15) is 0 Å². The average molecular weight is 331 g/mol. The zero-order valence-electron chi connectivity index (χ0n) is 14.0. The van der Waals surface area contributed by atoms with Gasteiger partial charge in [-0.15, -0.1) is 0 Å². The molecule has 1 aromatic heterocycles. The minimum atomic E-state index is -0.208. The largest absolute Gasteiger partial charge is 0.371 e. The monoisotopic (exact) mass is 331 g/mol. The number of piperidine rings is 1. The first-order valence-electron chi connectivity index (χ1n) is 8.96. The van der Waals surface area contributed by atoms with Crippen molar-refractivity contribution >= 4 is 12.0 Å². The van der Waals surface area contributed by atoms with Gasteiger partial charge in [0.25, 0.3) is 0 Å². The number of likely N-dealkylation sites (tertiary alicyclic amines) is 2. The van der Waals surface area contributed by atoms with E-state index in [1.807, 2.05) is 9.80 Å². The predicted molar refractivity (Wildman–Crippen MR) is 89.8 cm³/mol. The van der Waals surface area contributed by atoms with Crippen LogP contribution in [0, 0.1) is 0 Å². The minimum absolute atomic E-state index is 0.193. The second kappa shape index (κ2) is 6.55. The molecule has 1 N–H and O–H groups in total. The summed E-state index contributed by atoms with van der Waals surface area (Å²) in [7, 11) is 0. The molecule has 0 unspecified atom stereocenters. The number of urea groups is 1. The van der Waals surface area contributed by atoms with Crippen molar-refractivity contribution in [3.05, 3.63) is 18.5 Å². The fourth-order valence-corrected chi connectivity index (χ4v) is 4.15. The Morgan fingerprint density at radius 2 is 1.92 bits per heavy atom. The molecule has 1 spiro atoms. The fraction of sp³-hybridized carbons (Fsp3) is 0.706. The van der Waals surface area contributed by atoms with Gasteiger partial charge in [0.15, 0.2) is 0 Å². The molecule has 24 heavy (non-hydrogen) atoms. The van der Waals surface area contributed by atoms with E-state index in [0.717, 1.165) is 51.7 Å². The molecule has 0 bridgehead atoms. The summed E-state index contributed by atoms with van der Waals surface area (Å²) in [6, 6.07) is 2.20. The zero-order valence-corrected chi connectivity index (χ0v) is 14.0. The number of hydrogen-bond donors (Lipinski definition) is 1. The van der Waals surface area contributed by atoms with Crippen LogP contribution in [0.1, 0.15) is 32.1 Å². The molecule has 2 amide bonds. The number of anilines is 1. The molecule has 3 aliphatic heterocycles. The summed E-state index contributed by atoms with van der Waals surface area (Å²) in [5, 5.41) is 3.35. The van der Waals surface area contributed by atoms with Crippen molar-refractivity contribution in [1.82, 2.24) is 19.8 Å². The quantitative estimate of drug-likeness (QED) is 0.894. The van der Waals surface area contributed by atoms with E-state index in [-0.39, 0.29) is 17.7 Å². The highest BCUT2D eigenvalue weighted by Crippen LogP contribution is 2.36. The molecule has 1 aromatic rings. The first kappa shape index (κ1) is 15.6. The van der Waals surface area contributed by atoms with Crippen LogP contribution in [0.2, 0.25) is 0 Å². The molecule has 0 aliphatic carbocycles. The predicted octanol–water partition coefficient (Wildman–Crippen LogP) is 1.73. The van der Waals surface area contributed by atoms with Gasteiger partial charge in [0.05, 0.1) is 24.8 Å². The number of rotatable bonds is 2. The van der Waals surface area contributed by atoms with Crippen LogP contribution < -0.4 is 5.32 Å². The molecule has 0 radical (unpaired) electrons. The van der Waals surface area contributed by atoms with Crippen molar-refractivity contribution in [1.29, 1.82) is 0 Å². The van der Waals surface area contributed by atoms with E-state index in [9.17, 15) is 4.79 Å². The molecule has 4 rings (SSSR count). The van der Waals surface area contributed by atoms with E-state index >= 15 is 0 Å². The van der Waals surface area contributed by atoms with Crippen LogP contribution in [-0.4, -0.2) is 70.2 Å². The van der Waals surface area contributed by atoms with Crippen LogP contribution in [0.15, 0.2) is 18.5 Å². The number of ether oxygens (including phenoxy) is 1. The Bertz CT molecular complexity index is 578. The Kier molecular flexibility index (Phi) is 4.26. The van der Waals surface area contributed by atoms with Crippen molar-refractivity contribution in [2.24, 2.45) is 0 Å². The van der Waals surface area contributed by atoms with Crippen molar-refractivity contribution in [3.8, 4) is 0 Å². The van der Waals surface area contributed by atoms with Crippen molar-refractivity contribution < 1.29 is 9.53 Å². The van der Waals surface area contributed by atoms with Gasteiger partial charge in [0.1, 0.15) is 0 Å². The van der Waals surface area contributed by atoms with Gasteiger partial charge in [-0.3, -0.25) is 0 Å². The van der Waals surface area contributed by atoms with E-state index in [1.54, 1.807) is 18.5 Å².